The van der Waals surface area contributed by atoms with Crippen LogP contribution in [0.25, 0.3) is 0 Å². The summed E-state index contributed by atoms with van der Waals surface area (Å²) < 4.78 is 0. The Morgan fingerprint density at radius 1 is 1.21 bits per heavy atom. The van der Waals surface area contributed by atoms with Gasteiger partial charge in [0.1, 0.15) is 0 Å². The number of aliphatic hydroxyl groups is 1. The van der Waals surface area contributed by atoms with Crippen LogP contribution in [0.15, 0.2) is 48.7 Å². The van der Waals surface area contributed by atoms with Crippen LogP contribution >= 0.6 is 0 Å². The van der Waals surface area contributed by atoms with E-state index < -0.39 is 0 Å². The van der Waals surface area contributed by atoms with Crippen LogP contribution in [0.5, 0.6) is 0 Å². The molecule has 100 valence electrons. The number of carbonyl (C=O) groups is 1. The second-order valence-corrected chi connectivity index (χ2v) is 4.42. The number of hydrogen-bond donors (Lipinski definition) is 3. The summed E-state index contributed by atoms with van der Waals surface area (Å²) in [6, 6.07) is 13.3. The molecule has 1 atom stereocenters. The highest BCUT2D eigenvalue weighted by Crippen LogP contribution is 2.16. The number of rotatable bonds is 6. The maximum Gasteiger partial charge on any atom is 0.226 e. The van der Waals surface area contributed by atoms with E-state index in [2.05, 4.69) is 10.3 Å². The zero-order valence-corrected chi connectivity index (χ0v) is 10.7. The van der Waals surface area contributed by atoms with E-state index >= 15 is 0 Å². The molecule has 0 saturated carbocycles. The molecule has 19 heavy (non-hydrogen) atoms. The lowest BCUT2D eigenvalue weighted by molar-refractivity contribution is -0.121. The number of hydrogen-bond acceptors (Lipinski definition) is 2. The molecular formula is C15H18N2O2. The summed E-state index contributed by atoms with van der Waals surface area (Å²) in [6.45, 7) is 0.0440. The first kappa shape index (κ1) is 13.4. The molecular weight excluding hydrogens is 240 g/mol. The van der Waals surface area contributed by atoms with Crippen molar-refractivity contribution in [2.75, 3.05) is 6.61 Å². The number of H-pyrrole nitrogens is 1. The molecule has 0 saturated heterocycles. The average Bonchev–Trinajstić information content (AvgIpc) is 2.92. The minimum atomic E-state index is -0.145. The molecule has 1 unspecified atom stereocenters. The van der Waals surface area contributed by atoms with Crippen molar-refractivity contribution in [3.05, 3.63) is 59.9 Å². The predicted octanol–water partition coefficient (Wildman–Crippen LogP) is 1.80. The summed E-state index contributed by atoms with van der Waals surface area (Å²) in [6.07, 6.45) is 2.63. The van der Waals surface area contributed by atoms with Crippen molar-refractivity contribution in [2.24, 2.45) is 0 Å². The van der Waals surface area contributed by atoms with Crippen molar-refractivity contribution in [3.8, 4) is 0 Å². The molecule has 4 nitrogen and oxygen atoms in total. The summed E-state index contributed by atoms with van der Waals surface area (Å²) in [7, 11) is 0. The highest BCUT2D eigenvalue weighted by atomic mass is 16.3. The second kappa shape index (κ2) is 6.75. The first-order valence-corrected chi connectivity index (χ1v) is 6.37. The third kappa shape index (κ3) is 3.96. The molecule has 0 radical (unpaired) electrons. The lowest BCUT2D eigenvalue weighted by atomic mass is 10.0. The van der Waals surface area contributed by atoms with Crippen molar-refractivity contribution >= 4 is 5.91 Å². The van der Waals surface area contributed by atoms with Crippen LogP contribution in [-0.4, -0.2) is 22.6 Å². The van der Waals surface area contributed by atoms with Crippen LogP contribution in [0.3, 0.4) is 0 Å². The van der Waals surface area contributed by atoms with E-state index in [1.165, 1.54) is 0 Å². The van der Waals surface area contributed by atoms with Gasteiger partial charge in [-0.3, -0.25) is 4.79 Å². The molecule has 0 aliphatic carbocycles. The number of benzene rings is 1. The van der Waals surface area contributed by atoms with E-state index in [1.54, 1.807) is 6.20 Å². The second-order valence-electron chi connectivity index (χ2n) is 4.42. The fourth-order valence-corrected chi connectivity index (χ4v) is 2.03. The zero-order valence-electron chi connectivity index (χ0n) is 10.7. The monoisotopic (exact) mass is 258 g/mol. The summed E-state index contributed by atoms with van der Waals surface area (Å²) in [5.74, 6) is -0.0512. The summed E-state index contributed by atoms with van der Waals surface area (Å²) in [5.41, 5.74) is 1.89. The Morgan fingerprint density at radius 2 is 2.00 bits per heavy atom. The number of amides is 1. The van der Waals surface area contributed by atoms with E-state index in [0.717, 1.165) is 11.3 Å². The molecule has 1 aromatic heterocycles. The summed E-state index contributed by atoms with van der Waals surface area (Å²) in [4.78, 5) is 15.0. The van der Waals surface area contributed by atoms with Gasteiger partial charge in [0, 0.05) is 18.5 Å². The minimum absolute atomic E-state index is 0.0440. The van der Waals surface area contributed by atoms with Crippen LogP contribution in [0, 0.1) is 0 Å². The Morgan fingerprint density at radius 3 is 2.63 bits per heavy atom. The molecule has 0 aliphatic rings. The predicted molar refractivity (Wildman–Crippen MR) is 73.5 cm³/mol. The third-order valence-electron chi connectivity index (χ3n) is 2.97. The molecule has 4 heteroatoms. The molecule has 0 spiro atoms. The Kier molecular flexibility index (Phi) is 4.75. The third-order valence-corrected chi connectivity index (χ3v) is 2.97. The first-order valence-electron chi connectivity index (χ1n) is 6.37. The average molecular weight is 258 g/mol. The molecule has 0 aliphatic heterocycles. The molecule has 2 rings (SSSR count). The van der Waals surface area contributed by atoms with Gasteiger partial charge in [-0.2, -0.15) is 0 Å². The van der Waals surface area contributed by atoms with Gasteiger partial charge in [-0.15, -0.1) is 0 Å². The number of nitrogens with one attached hydrogen (secondary N) is 2. The Bertz CT molecular complexity index is 494. The zero-order chi connectivity index (χ0) is 13.5. The van der Waals surface area contributed by atoms with E-state index in [0.29, 0.717) is 12.8 Å². The highest BCUT2D eigenvalue weighted by Gasteiger charge is 2.14. The SMILES string of the molecule is O=C(Cc1ccc[nH]1)NC(CCO)c1ccccc1. The van der Waals surface area contributed by atoms with Crippen molar-refractivity contribution in [1.82, 2.24) is 10.3 Å². The topological polar surface area (TPSA) is 65.1 Å². The fraction of sp³-hybridized carbons (Fsp3) is 0.267. The van der Waals surface area contributed by atoms with Crippen LogP contribution < -0.4 is 5.32 Å². The molecule has 2 aromatic rings. The van der Waals surface area contributed by atoms with E-state index in [9.17, 15) is 4.79 Å². The maximum atomic E-state index is 12.0. The van der Waals surface area contributed by atoms with E-state index in [4.69, 9.17) is 5.11 Å². The normalized spacial score (nSPS) is 12.1. The quantitative estimate of drug-likeness (QED) is 0.739. The molecule has 3 N–H and O–H groups in total. The van der Waals surface area contributed by atoms with Gasteiger partial charge in [0.05, 0.1) is 12.5 Å². The van der Waals surface area contributed by atoms with Crippen molar-refractivity contribution in [3.63, 3.8) is 0 Å². The number of aliphatic hydroxyl groups excluding tert-OH is 1. The summed E-state index contributed by atoms with van der Waals surface area (Å²) >= 11 is 0. The molecule has 0 fully saturated rings. The Balaban J connectivity index is 1.98. The fourth-order valence-electron chi connectivity index (χ4n) is 2.03. The molecule has 1 heterocycles. The largest absolute Gasteiger partial charge is 0.396 e. The van der Waals surface area contributed by atoms with Gasteiger partial charge >= 0.3 is 0 Å². The number of aromatic nitrogens is 1. The van der Waals surface area contributed by atoms with Crippen LogP contribution in [0.4, 0.5) is 0 Å². The standard InChI is InChI=1S/C15H18N2O2/c18-10-8-14(12-5-2-1-3-6-12)17-15(19)11-13-7-4-9-16-13/h1-7,9,14,16,18H,8,10-11H2,(H,17,19). The van der Waals surface area contributed by atoms with Gasteiger partial charge < -0.3 is 15.4 Å². The summed E-state index contributed by atoms with van der Waals surface area (Å²) in [5, 5.41) is 12.1. The van der Waals surface area contributed by atoms with Crippen molar-refractivity contribution < 1.29 is 9.90 Å². The highest BCUT2D eigenvalue weighted by molar-refractivity contribution is 5.78. The lowest BCUT2D eigenvalue weighted by Gasteiger charge is -2.18. The van der Waals surface area contributed by atoms with Gasteiger partial charge in [-0.05, 0) is 24.1 Å². The Hall–Kier alpha value is -2.07. The smallest absolute Gasteiger partial charge is 0.226 e. The number of aromatic amines is 1. The molecule has 1 amide bonds. The van der Waals surface area contributed by atoms with Gasteiger partial charge in [0.15, 0.2) is 0 Å². The van der Waals surface area contributed by atoms with Gasteiger partial charge in [-0.1, -0.05) is 30.3 Å². The van der Waals surface area contributed by atoms with Crippen molar-refractivity contribution in [1.29, 1.82) is 0 Å². The van der Waals surface area contributed by atoms with E-state index in [1.807, 2.05) is 42.5 Å². The van der Waals surface area contributed by atoms with Gasteiger partial charge in [-0.25, -0.2) is 0 Å². The molecule has 1 aromatic carbocycles. The number of carbonyl (C=O) groups excluding carboxylic acids is 1. The Labute approximate surface area is 112 Å². The minimum Gasteiger partial charge on any atom is -0.396 e. The van der Waals surface area contributed by atoms with Crippen LogP contribution in [-0.2, 0) is 11.2 Å². The van der Waals surface area contributed by atoms with Crippen molar-refractivity contribution in [2.45, 2.75) is 18.9 Å². The van der Waals surface area contributed by atoms with E-state index in [-0.39, 0.29) is 18.6 Å². The van der Waals surface area contributed by atoms with Gasteiger partial charge in [0.25, 0.3) is 0 Å². The molecule has 0 bridgehead atoms. The first-order chi connectivity index (χ1) is 9.29. The lowest BCUT2D eigenvalue weighted by Crippen LogP contribution is -2.30. The van der Waals surface area contributed by atoms with Crippen LogP contribution in [0.2, 0.25) is 0 Å². The van der Waals surface area contributed by atoms with Gasteiger partial charge in [0.2, 0.25) is 5.91 Å². The van der Waals surface area contributed by atoms with Crippen LogP contribution in [0.1, 0.15) is 23.7 Å². The maximum absolute atomic E-state index is 12.0.